The van der Waals surface area contributed by atoms with Crippen molar-refractivity contribution in [3.05, 3.63) is 0 Å². The van der Waals surface area contributed by atoms with Gasteiger partial charge in [-0.1, -0.05) is 28.5 Å². The minimum atomic E-state index is -1.24. The van der Waals surface area contributed by atoms with E-state index in [4.69, 9.17) is 10.5 Å². The van der Waals surface area contributed by atoms with Crippen LogP contribution in [0.1, 0.15) is 26.2 Å². The summed E-state index contributed by atoms with van der Waals surface area (Å²) in [6.07, 6.45) is -2.75. The Balaban J connectivity index is 1.65. The van der Waals surface area contributed by atoms with Crippen LogP contribution >= 0.6 is 21.6 Å². The monoisotopic (exact) mass is 449 g/mol. The van der Waals surface area contributed by atoms with Gasteiger partial charge in [-0.25, -0.2) is 0 Å². The normalized spacial score (nSPS) is 40.9. The maximum Gasteiger partial charge on any atom is 0.239 e. The number of Topliss-reactive ketones (excluding diaryl/α,β-unsaturated/α-hetero) is 1. The van der Waals surface area contributed by atoms with Crippen molar-refractivity contribution in [2.24, 2.45) is 11.7 Å². The van der Waals surface area contributed by atoms with Gasteiger partial charge in [0.1, 0.15) is 18.4 Å². The fourth-order valence-corrected chi connectivity index (χ4v) is 6.96. The molecule has 3 fully saturated rings. The number of nitrogens with one attached hydrogen (secondary N) is 1. The van der Waals surface area contributed by atoms with Crippen LogP contribution in [0.2, 0.25) is 0 Å². The minimum Gasteiger partial charge on any atom is -0.394 e. The van der Waals surface area contributed by atoms with Crippen LogP contribution in [0.3, 0.4) is 0 Å². The Morgan fingerprint density at radius 2 is 2.03 bits per heavy atom. The lowest BCUT2D eigenvalue weighted by Gasteiger charge is -2.41. The molecule has 0 bridgehead atoms. The Labute approximate surface area is 176 Å². The molecule has 0 aromatic heterocycles. The van der Waals surface area contributed by atoms with Gasteiger partial charge < -0.3 is 31.1 Å². The number of carbonyl (C=O) groups excluding carboxylic acids is 3. The third kappa shape index (κ3) is 4.73. The third-order valence-electron chi connectivity index (χ3n) is 5.68. The number of nitrogens with two attached hydrogens (primary N) is 1. The number of fused-ring (bicyclic) bond motifs is 1. The van der Waals surface area contributed by atoms with Crippen LogP contribution in [0, 0.1) is 5.92 Å². The molecular formula is C17H27N3O7S2. The molecule has 0 aromatic carbocycles. The third-order valence-corrected chi connectivity index (χ3v) is 8.69. The summed E-state index contributed by atoms with van der Waals surface area (Å²) in [6.45, 7) is 1.80. The number of primary amides is 1. The second-order valence-corrected chi connectivity index (χ2v) is 10.2. The van der Waals surface area contributed by atoms with Gasteiger partial charge in [0.05, 0.1) is 30.5 Å². The van der Waals surface area contributed by atoms with Crippen LogP contribution in [-0.4, -0.2) is 92.2 Å². The summed E-state index contributed by atoms with van der Waals surface area (Å²) in [6, 6.07) is -0.423. The topological polar surface area (TPSA) is 162 Å². The number of aliphatic hydroxyl groups is 3. The van der Waals surface area contributed by atoms with Crippen molar-refractivity contribution in [2.45, 2.75) is 67.4 Å². The van der Waals surface area contributed by atoms with E-state index >= 15 is 0 Å². The van der Waals surface area contributed by atoms with Crippen molar-refractivity contribution in [3.63, 3.8) is 0 Å². The second kappa shape index (κ2) is 9.50. The van der Waals surface area contributed by atoms with Crippen LogP contribution in [0.25, 0.3) is 0 Å². The van der Waals surface area contributed by atoms with E-state index in [1.165, 1.54) is 10.8 Å². The summed E-state index contributed by atoms with van der Waals surface area (Å²) in [4.78, 5) is 38.9. The highest BCUT2D eigenvalue weighted by molar-refractivity contribution is 8.77. The van der Waals surface area contributed by atoms with Gasteiger partial charge in [-0.3, -0.25) is 19.3 Å². The predicted molar refractivity (Wildman–Crippen MR) is 106 cm³/mol. The number of rotatable bonds is 5. The molecule has 10 nitrogen and oxygen atoms in total. The average Bonchev–Trinajstić information content (AvgIpc) is 3.12. The van der Waals surface area contributed by atoms with Crippen LogP contribution in [0.4, 0.5) is 0 Å². The molecule has 0 spiro atoms. The Bertz CT molecular complexity index is 653. The molecule has 3 rings (SSSR count). The molecule has 12 heteroatoms. The van der Waals surface area contributed by atoms with Crippen molar-refractivity contribution >= 4 is 39.2 Å². The van der Waals surface area contributed by atoms with Crippen LogP contribution in [0.15, 0.2) is 0 Å². The van der Waals surface area contributed by atoms with E-state index in [1.54, 1.807) is 6.92 Å². The Kier molecular flexibility index (Phi) is 7.46. The standard InChI is InChI=1S/C17H27N3O7S2/c1-7-12(23)14(25)9(6-21)27-17(7)19-10(22)5-11-20-4-2-3-8(20)13(24)15(16(18)26)29-28-11/h7-9,11-12,14-15,17,21,23,25H,2-6H2,1H3,(H2,18,26)(H,19,22)/t7?,8-,9?,11?,12+,14+,15?,17+/m0/s1. The predicted octanol–water partition coefficient (Wildman–Crippen LogP) is -1.82. The Morgan fingerprint density at radius 1 is 1.31 bits per heavy atom. The molecule has 3 aliphatic heterocycles. The summed E-state index contributed by atoms with van der Waals surface area (Å²) < 4.78 is 5.53. The number of amides is 2. The molecule has 3 saturated heterocycles. The molecule has 29 heavy (non-hydrogen) atoms. The van der Waals surface area contributed by atoms with Crippen molar-refractivity contribution in [2.75, 3.05) is 13.2 Å². The number of nitrogens with zero attached hydrogens (tertiary/aromatic N) is 1. The van der Waals surface area contributed by atoms with E-state index in [1.807, 2.05) is 4.90 Å². The zero-order valence-electron chi connectivity index (χ0n) is 16.0. The highest BCUT2D eigenvalue weighted by atomic mass is 33.1. The maximum absolute atomic E-state index is 12.7. The first-order valence-electron chi connectivity index (χ1n) is 9.57. The molecule has 164 valence electrons. The van der Waals surface area contributed by atoms with E-state index < -0.39 is 54.3 Å². The van der Waals surface area contributed by atoms with Crippen molar-refractivity contribution in [1.82, 2.24) is 10.2 Å². The van der Waals surface area contributed by atoms with E-state index in [0.29, 0.717) is 13.0 Å². The van der Waals surface area contributed by atoms with Gasteiger partial charge in [0.25, 0.3) is 0 Å². The largest absolute Gasteiger partial charge is 0.394 e. The number of aliphatic hydroxyl groups excluding tert-OH is 3. The molecule has 4 unspecified atom stereocenters. The second-order valence-electron chi connectivity index (χ2n) is 7.62. The maximum atomic E-state index is 12.7. The Hall–Kier alpha value is -0.890. The summed E-state index contributed by atoms with van der Waals surface area (Å²) in [5.74, 6) is -1.80. The van der Waals surface area contributed by atoms with Gasteiger partial charge >= 0.3 is 0 Å². The molecule has 0 aliphatic carbocycles. The number of hydrogen-bond donors (Lipinski definition) is 5. The highest BCUT2D eigenvalue weighted by Gasteiger charge is 2.46. The van der Waals surface area contributed by atoms with Gasteiger partial charge in [-0.05, 0) is 12.8 Å². The van der Waals surface area contributed by atoms with Gasteiger partial charge in [-0.2, -0.15) is 0 Å². The van der Waals surface area contributed by atoms with Crippen LogP contribution in [0.5, 0.6) is 0 Å². The first-order valence-corrected chi connectivity index (χ1v) is 11.8. The molecule has 0 aromatic rings. The lowest BCUT2D eigenvalue weighted by atomic mass is 9.91. The molecule has 0 radical (unpaired) electrons. The van der Waals surface area contributed by atoms with Crippen molar-refractivity contribution < 1.29 is 34.4 Å². The number of ketones is 1. The quantitative estimate of drug-likeness (QED) is 0.238. The fourth-order valence-electron chi connectivity index (χ4n) is 3.97. The van der Waals surface area contributed by atoms with Crippen molar-refractivity contribution in [3.8, 4) is 0 Å². The Morgan fingerprint density at radius 3 is 2.69 bits per heavy atom. The molecule has 3 heterocycles. The summed E-state index contributed by atoms with van der Waals surface area (Å²) in [7, 11) is 2.38. The van der Waals surface area contributed by atoms with E-state index in [2.05, 4.69) is 5.32 Å². The van der Waals surface area contributed by atoms with Gasteiger partial charge in [0.15, 0.2) is 11.0 Å². The zero-order valence-corrected chi connectivity index (χ0v) is 17.6. The highest BCUT2D eigenvalue weighted by Crippen LogP contribution is 2.42. The number of carbonyl (C=O) groups is 3. The van der Waals surface area contributed by atoms with E-state index in [9.17, 15) is 29.7 Å². The van der Waals surface area contributed by atoms with Gasteiger partial charge in [0, 0.05) is 12.5 Å². The van der Waals surface area contributed by atoms with E-state index in [0.717, 1.165) is 17.2 Å². The number of hydrogen-bond acceptors (Lipinski definition) is 10. The van der Waals surface area contributed by atoms with Crippen LogP contribution in [-0.2, 0) is 19.1 Å². The number of ether oxygens (including phenoxy) is 1. The molecule has 3 aliphatic rings. The SMILES string of the molecule is CC1[C@H](NC(=O)CC2SSC(C(N)=O)C(=O)[C@@H]3CCCN23)OC(CO)[C@@H](O)[C@@H]1O. The lowest BCUT2D eigenvalue weighted by molar-refractivity contribution is -0.213. The average molecular weight is 450 g/mol. The van der Waals surface area contributed by atoms with E-state index in [-0.39, 0.29) is 23.5 Å². The molecular weight excluding hydrogens is 422 g/mol. The summed E-state index contributed by atoms with van der Waals surface area (Å²) in [5, 5.41) is 30.8. The van der Waals surface area contributed by atoms with Gasteiger partial charge in [-0.15, -0.1) is 0 Å². The molecule has 8 atom stereocenters. The molecule has 6 N–H and O–H groups in total. The smallest absolute Gasteiger partial charge is 0.239 e. The first kappa shape index (κ1) is 22.8. The summed E-state index contributed by atoms with van der Waals surface area (Å²) in [5.41, 5.74) is 5.37. The van der Waals surface area contributed by atoms with Gasteiger partial charge in [0.2, 0.25) is 11.8 Å². The fraction of sp³-hybridized carbons (Fsp3) is 0.824. The lowest BCUT2D eigenvalue weighted by Crippen LogP contribution is -2.59. The minimum absolute atomic E-state index is 0.0575. The first-order chi connectivity index (χ1) is 13.7. The molecule has 0 saturated carbocycles. The van der Waals surface area contributed by atoms with Crippen LogP contribution < -0.4 is 11.1 Å². The zero-order chi connectivity index (χ0) is 21.3. The van der Waals surface area contributed by atoms with Crippen molar-refractivity contribution in [1.29, 1.82) is 0 Å². The summed E-state index contributed by atoms with van der Waals surface area (Å²) >= 11 is 0. The molecule has 2 amide bonds.